The van der Waals surface area contributed by atoms with E-state index in [1.165, 1.54) is 12.0 Å². The van der Waals surface area contributed by atoms with E-state index in [1.807, 2.05) is 0 Å². The lowest BCUT2D eigenvalue weighted by Gasteiger charge is -2.25. The minimum atomic E-state index is -3.03. The predicted molar refractivity (Wildman–Crippen MR) is 73.9 cm³/mol. The molecular formula is C12H22N2O5S. The second-order valence-corrected chi connectivity index (χ2v) is 7.19. The van der Waals surface area contributed by atoms with Crippen molar-refractivity contribution in [3.8, 4) is 0 Å². The molecule has 0 aromatic rings. The van der Waals surface area contributed by atoms with Gasteiger partial charge >= 0.3 is 5.97 Å². The van der Waals surface area contributed by atoms with Crippen LogP contribution in [0, 0.1) is 0 Å². The van der Waals surface area contributed by atoms with E-state index in [9.17, 15) is 18.0 Å². The molecule has 1 rings (SSSR count). The quantitative estimate of drug-likeness (QED) is 0.644. The van der Waals surface area contributed by atoms with E-state index >= 15 is 0 Å². The lowest BCUT2D eigenvalue weighted by molar-refractivity contribution is -0.141. The van der Waals surface area contributed by atoms with Crippen LogP contribution in [0.1, 0.15) is 19.3 Å². The number of sulfone groups is 1. The first-order valence-corrected chi connectivity index (χ1v) is 8.41. The normalized spacial score (nSPS) is 21.2. The van der Waals surface area contributed by atoms with E-state index in [0.717, 1.165) is 0 Å². The summed E-state index contributed by atoms with van der Waals surface area (Å²) in [5.41, 5.74) is 0. The molecule has 1 saturated heterocycles. The fourth-order valence-corrected chi connectivity index (χ4v) is 3.50. The molecule has 1 N–H and O–H groups in total. The molecule has 0 saturated carbocycles. The van der Waals surface area contributed by atoms with Gasteiger partial charge in [0.15, 0.2) is 9.84 Å². The molecular weight excluding hydrogens is 284 g/mol. The Labute approximate surface area is 119 Å². The van der Waals surface area contributed by atoms with Crippen molar-refractivity contribution in [3.63, 3.8) is 0 Å². The third-order valence-electron chi connectivity index (χ3n) is 3.25. The highest BCUT2D eigenvalue weighted by atomic mass is 32.2. The first kappa shape index (κ1) is 16.9. The Morgan fingerprint density at radius 1 is 1.40 bits per heavy atom. The van der Waals surface area contributed by atoms with Gasteiger partial charge in [0.05, 0.1) is 18.6 Å². The summed E-state index contributed by atoms with van der Waals surface area (Å²) in [6, 6.07) is -0.315. The molecule has 0 radical (unpaired) electrons. The zero-order valence-corrected chi connectivity index (χ0v) is 12.7. The van der Waals surface area contributed by atoms with Crippen LogP contribution in [0.15, 0.2) is 0 Å². The van der Waals surface area contributed by atoms with Gasteiger partial charge in [0.2, 0.25) is 5.91 Å². The maximum atomic E-state index is 11.9. The summed E-state index contributed by atoms with van der Waals surface area (Å²) < 4.78 is 27.5. The van der Waals surface area contributed by atoms with Crippen molar-refractivity contribution in [2.45, 2.75) is 25.3 Å². The number of hydrogen-bond acceptors (Lipinski definition) is 6. The minimum Gasteiger partial charge on any atom is -0.469 e. The number of nitrogens with zero attached hydrogens (tertiary/aromatic N) is 1. The summed E-state index contributed by atoms with van der Waals surface area (Å²) in [4.78, 5) is 24.4. The van der Waals surface area contributed by atoms with Gasteiger partial charge in [-0.25, -0.2) is 8.42 Å². The van der Waals surface area contributed by atoms with Crippen LogP contribution in [0.25, 0.3) is 0 Å². The van der Waals surface area contributed by atoms with Crippen molar-refractivity contribution in [2.75, 3.05) is 38.8 Å². The summed E-state index contributed by atoms with van der Waals surface area (Å²) in [6.45, 7) is 0.847. The molecule has 1 aliphatic rings. The standard InChI is InChI=1S/C12H22N2O5S/c1-14(6-3-4-12(16)19-2)11(15)8-10-9-20(17,18)7-5-13-10/h10,13H,3-9H2,1-2H3. The second-order valence-electron chi connectivity index (χ2n) is 4.96. The Morgan fingerprint density at radius 3 is 2.70 bits per heavy atom. The molecule has 7 nitrogen and oxygen atoms in total. The van der Waals surface area contributed by atoms with E-state index in [4.69, 9.17) is 0 Å². The van der Waals surface area contributed by atoms with E-state index in [2.05, 4.69) is 10.1 Å². The predicted octanol–water partition coefficient (Wildman–Crippen LogP) is -0.825. The van der Waals surface area contributed by atoms with Crippen LogP contribution >= 0.6 is 0 Å². The van der Waals surface area contributed by atoms with Gasteiger partial charge in [-0.2, -0.15) is 0 Å². The summed E-state index contributed by atoms with van der Waals surface area (Å²) in [5, 5.41) is 3.04. The Kier molecular flexibility index (Phi) is 6.41. The van der Waals surface area contributed by atoms with Crippen LogP contribution in [0.5, 0.6) is 0 Å². The number of carbonyl (C=O) groups excluding carboxylic acids is 2. The van der Waals surface area contributed by atoms with Gasteiger partial charge in [-0.15, -0.1) is 0 Å². The van der Waals surface area contributed by atoms with Crippen molar-refractivity contribution in [1.82, 2.24) is 10.2 Å². The summed E-state index contributed by atoms with van der Waals surface area (Å²) in [5.74, 6) is -0.281. The molecule has 20 heavy (non-hydrogen) atoms. The SMILES string of the molecule is COC(=O)CCCN(C)C(=O)CC1CS(=O)(=O)CCN1. The highest BCUT2D eigenvalue weighted by Crippen LogP contribution is 2.07. The average molecular weight is 306 g/mol. The smallest absolute Gasteiger partial charge is 0.305 e. The van der Waals surface area contributed by atoms with Crippen molar-refractivity contribution in [3.05, 3.63) is 0 Å². The lowest BCUT2D eigenvalue weighted by atomic mass is 10.2. The Morgan fingerprint density at radius 2 is 2.10 bits per heavy atom. The highest BCUT2D eigenvalue weighted by Gasteiger charge is 2.26. The molecule has 116 valence electrons. The molecule has 1 heterocycles. The van der Waals surface area contributed by atoms with Crippen LogP contribution in [0.3, 0.4) is 0 Å². The van der Waals surface area contributed by atoms with Crippen LogP contribution < -0.4 is 5.32 Å². The third-order valence-corrected chi connectivity index (χ3v) is 4.99. The Bertz CT molecular complexity index is 449. The van der Waals surface area contributed by atoms with E-state index in [1.54, 1.807) is 7.05 Å². The lowest BCUT2D eigenvalue weighted by Crippen LogP contribution is -2.47. The fourth-order valence-electron chi connectivity index (χ4n) is 2.05. The number of esters is 1. The molecule has 0 spiro atoms. The van der Waals surface area contributed by atoms with Gasteiger partial charge < -0.3 is 15.0 Å². The van der Waals surface area contributed by atoms with Gasteiger partial charge in [-0.1, -0.05) is 0 Å². The van der Waals surface area contributed by atoms with Gasteiger partial charge in [0.25, 0.3) is 0 Å². The monoisotopic (exact) mass is 306 g/mol. The summed E-state index contributed by atoms with van der Waals surface area (Å²) in [7, 11) is -0.0537. The summed E-state index contributed by atoms with van der Waals surface area (Å²) >= 11 is 0. The molecule has 0 bridgehead atoms. The number of methoxy groups -OCH3 is 1. The van der Waals surface area contributed by atoms with Crippen molar-refractivity contribution < 1.29 is 22.7 Å². The van der Waals surface area contributed by atoms with Gasteiger partial charge in [-0.3, -0.25) is 9.59 Å². The van der Waals surface area contributed by atoms with Gasteiger partial charge in [0, 0.05) is 39.0 Å². The molecule has 0 aliphatic carbocycles. The number of carbonyl (C=O) groups is 2. The van der Waals surface area contributed by atoms with Gasteiger partial charge in [0.1, 0.15) is 0 Å². The largest absolute Gasteiger partial charge is 0.469 e. The third kappa shape index (κ3) is 5.87. The average Bonchev–Trinajstić information content (AvgIpc) is 2.37. The van der Waals surface area contributed by atoms with E-state index in [-0.39, 0.29) is 42.3 Å². The van der Waals surface area contributed by atoms with Crippen molar-refractivity contribution in [2.24, 2.45) is 0 Å². The van der Waals surface area contributed by atoms with Crippen molar-refractivity contribution in [1.29, 1.82) is 0 Å². The molecule has 1 amide bonds. The van der Waals surface area contributed by atoms with E-state index in [0.29, 0.717) is 19.5 Å². The number of rotatable bonds is 6. The van der Waals surface area contributed by atoms with Crippen LogP contribution in [0.2, 0.25) is 0 Å². The number of amides is 1. The Hall–Kier alpha value is -1.15. The zero-order chi connectivity index (χ0) is 15.2. The van der Waals surface area contributed by atoms with Crippen molar-refractivity contribution >= 4 is 21.7 Å². The minimum absolute atomic E-state index is 0.00867. The molecule has 1 aliphatic heterocycles. The fraction of sp³-hybridized carbons (Fsp3) is 0.833. The maximum absolute atomic E-state index is 11.9. The maximum Gasteiger partial charge on any atom is 0.305 e. The molecule has 0 aromatic carbocycles. The molecule has 1 unspecified atom stereocenters. The zero-order valence-electron chi connectivity index (χ0n) is 11.9. The second kappa shape index (κ2) is 7.58. The van der Waals surface area contributed by atoms with Crippen LogP contribution in [-0.2, 0) is 24.2 Å². The van der Waals surface area contributed by atoms with Crippen LogP contribution in [-0.4, -0.2) is 70.0 Å². The number of ether oxygens (including phenoxy) is 1. The van der Waals surface area contributed by atoms with E-state index < -0.39 is 9.84 Å². The Balaban J connectivity index is 2.32. The molecule has 8 heteroatoms. The van der Waals surface area contributed by atoms with Crippen LogP contribution in [0.4, 0.5) is 0 Å². The molecule has 1 atom stereocenters. The first-order chi connectivity index (χ1) is 9.34. The molecule has 0 aromatic heterocycles. The van der Waals surface area contributed by atoms with Gasteiger partial charge in [-0.05, 0) is 6.42 Å². The molecule has 1 fully saturated rings. The summed E-state index contributed by atoms with van der Waals surface area (Å²) in [6.07, 6.45) is 0.962. The highest BCUT2D eigenvalue weighted by molar-refractivity contribution is 7.91. The number of hydrogen-bond donors (Lipinski definition) is 1. The number of nitrogens with one attached hydrogen (secondary N) is 1. The first-order valence-electron chi connectivity index (χ1n) is 6.58. The topological polar surface area (TPSA) is 92.8 Å².